The molecule has 1 N–H and O–H groups in total. The SMILES string of the molecule is CN(C)CCCN1C(=O)C(=O)/C(=C(\O)c2ccc3c(c2)CCO3)C1c1cccnc1. The number of fused-ring (bicyclic) bond motifs is 1. The molecule has 4 rings (SSSR count). The minimum absolute atomic E-state index is 0.108. The molecule has 2 aliphatic heterocycles. The van der Waals surface area contributed by atoms with Gasteiger partial charge in [-0.2, -0.15) is 0 Å². The highest BCUT2D eigenvalue weighted by atomic mass is 16.5. The Morgan fingerprint density at radius 3 is 2.87 bits per heavy atom. The monoisotopic (exact) mass is 407 g/mol. The van der Waals surface area contributed by atoms with Crippen LogP contribution in [0.3, 0.4) is 0 Å². The molecule has 1 aromatic heterocycles. The quantitative estimate of drug-likeness (QED) is 0.450. The summed E-state index contributed by atoms with van der Waals surface area (Å²) >= 11 is 0. The molecule has 2 aliphatic rings. The summed E-state index contributed by atoms with van der Waals surface area (Å²) in [4.78, 5) is 33.6. The first-order valence-corrected chi connectivity index (χ1v) is 10.1. The predicted octanol–water partition coefficient (Wildman–Crippen LogP) is 2.39. The molecule has 1 amide bonds. The molecule has 1 fully saturated rings. The van der Waals surface area contributed by atoms with Crippen molar-refractivity contribution in [2.24, 2.45) is 0 Å². The fourth-order valence-electron chi connectivity index (χ4n) is 4.04. The Balaban J connectivity index is 1.77. The second-order valence-electron chi connectivity index (χ2n) is 7.86. The first-order valence-electron chi connectivity index (χ1n) is 10.1. The summed E-state index contributed by atoms with van der Waals surface area (Å²) in [5, 5.41) is 11.1. The minimum Gasteiger partial charge on any atom is -0.507 e. The molecule has 7 nitrogen and oxygen atoms in total. The van der Waals surface area contributed by atoms with Gasteiger partial charge >= 0.3 is 0 Å². The van der Waals surface area contributed by atoms with E-state index in [0.29, 0.717) is 30.7 Å². The van der Waals surface area contributed by atoms with E-state index >= 15 is 0 Å². The molecule has 1 saturated heterocycles. The Morgan fingerprint density at radius 2 is 2.13 bits per heavy atom. The number of rotatable bonds is 6. The maximum Gasteiger partial charge on any atom is 0.295 e. The van der Waals surface area contributed by atoms with E-state index in [9.17, 15) is 14.7 Å². The molecule has 1 atom stereocenters. The molecule has 0 aliphatic carbocycles. The average molecular weight is 407 g/mol. The van der Waals surface area contributed by atoms with Gasteiger partial charge in [0.2, 0.25) is 0 Å². The third kappa shape index (κ3) is 3.68. The van der Waals surface area contributed by atoms with Crippen LogP contribution in [0.25, 0.3) is 5.76 Å². The van der Waals surface area contributed by atoms with E-state index in [1.165, 1.54) is 0 Å². The molecule has 3 heterocycles. The lowest BCUT2D eigenvalue weighted by atomic mass is 9.95. The van der Waals surface area contributed by atoms with Crippen LogP contribution in [0.4, 0.5) is 0 Å². The molecule has 0 bridgehead atoms. The lowest BCUT2D eigenvalue weighted by Crippen LogP contribution is -2.32. The van der Waals surface area contributed by atoms with Crippen molar-refractivity contribution in [3.05, 3.63) is 65.0 Å². The molecule has 7 heteroatoms. The van der Waals surface area contributed by atoms with Crippen LogP contribution in [0.5, 0.6) is 5.75 Å². The first kappa shape index (κ1) is 20.1. The number of hydrogen-bond donors (Lipinski definition) is 1. The second-order valence-corrected chi connectivity index (χ2v) is 7.86. The van der Waals surface area contributed by atoms with Crippen LogP contribution in [-0.2, 0) is 16.0 Å². The van der Waals surface area contributed by atoms with Crippen LogP contribution in [0.15, 0.2) is 48.3 Å². The van der Waals surface area contributed by atoms with Gasteiger partial charge in [-0.05, 0) is 62.5 Å². The number of ether oxygens (including phenoxy) is 1. The predicted molar refractivity (Wildman–Crippen MR) is 112 cm³/mol. The van der Waals surface area contributed by atoms with Crippen LogP contribution in [0.1, 0.15) is 29.2 Å². The lowest BCUT2D eigenvalue weighted by Gasteiger charge is -2.25. The number of aliphatic hydroxyl groups is 1. The van der Waals surface area contributed by atoms with E-state index < -0.39 is 17.7 Å². The van der Waals surface area contributed by atoms with Gasteiger partial charge in [0.1, 0.15) is 11.5 Å². The van der Waals surface area contributed by atoms with Crippen LogP contribution in [-0.4, -0.2) is 65.4 Å². The highest BCUT2D eigenvalue weighted by molar-refractivity contribution is 6.46. The van der Waals surface area contributed by atoms with Crippen molar-refractivity contribution in [3.8, 4) is 5.75 Å². The van der Waals surface area contributed by atoms with Crippen molar-refractivity contribution in [3.63, 3.8) is 0 Å². The van der Waals surface area contributed by atoms with Gasteiger partial charge in [-0.25, -0.2) is 0 Å². The number of Topliss-reactive ketones (excluding diaryl/α,β-unsaturated/α-hetero) is 1. The van der Waals surface area contributed by atoms with Crippen LogP contribution >= 0.6 is 0 Å². The Kier molecular flexibility index (Phi) is 5.55. The Hall–Kier alpha value is -3.19. The fourth-order valence-corrected chi connectivity index (χ4v) is 4.04. The number of amides is 1. The molecule has 0 spiro atoms. The van der Waals surface area contributed by atoms with Crippen LogP contribution in [0, 0.1) is 0 Å². The van der Waals surface area contributed by atoms with Gasteiger partial charge in [0.15, 0.2) is 0 Å². The highest BCUT2D eigenvalue weighted by Gasteiger charge is 2.45. The van der Waals surface area contributed by atoms with Crippen molar-refractivity contribution in [2.45, 2.75) is 18.9 Å². The third-order valence-electron chi connectivity index (χ3n) is 5.51. The third-order valence-corrected chi connectivity index (χ3v) is 5.51. The minimum atomic E-state index is -0.664. The van der Waals surface area contributed by atoms with Crippen molar-refractivity contribution in [1.82, 2.24) is 14.8 Å². The number of aromatic nitrogens is 1. The summed E-state index contributed by atoms with van der Waals surface area (Å²) in [6, 6.07) is 8.28. The number of likely N-dealkylation sites (tertiary alicyclic amines) is 1. The van der Waals surface area contributed by atoms with E-state index in [2.05, 4.69) is 4.98 Å². The Labute approximate surface area is 175 Å². The highest BCUT2D eigenvalue weighted by Crippen LogP contribution is 2.40. The van der Waals surface area contributed by atoms with Crippen molar-refractivity contribution in [1.29, 1.82) is 0 Å². The van der Waals surface area contributed by atoms with Gasteiger partial charge in [-0.15, -0.1) is 0 Å². The molecule has 156 valence electrons. The Morgan fingerprint density at radius 1 is 1.30 bits per heavy atom. The van der Waals surface area contributed by atoms with E-state index in [1.807, 2.05) is 31.1 Å². The number of ketones is 1. The Bertz CT molecular complexity index is 1000. The lowest BCUT2D eigenvalue weighted by molar-refractivity contribution is -0.139. The second kappa shape index (κ2) is 8.28. The van der Waals surface area contributed by atoms with Crippen molar-refractivity contribution in [2.75, 3.05) is 33.8 Å². The summed E-state index contributed by atoms with van der Waals surface area (Å²) in [5.41, 5.74) is 2.31. The van der Waals surface area contributed by atoms with E-state index in [0.717, 1.165) is 24.3 Å². The van der Waals surface area contributed by atoms with Gasteiger partial charge in [0, 0.05) is 30.9 Å². The van der Waals surface area contributed by atoms with E-state index in [4.69, 9.17) is 4.74 Å². The smallest absolute Gasteiger partial charge is 0.295 e. The van der Waals surface area contributed by atoms with E-state index in [-0.39, 0.29) is 11.3 Å². The molecule has 1 aromatic carbocycles. The summed E-state index contributed by atoms with van der Waals surface area (Å²) < 4.78 is 5.53. The number of aliphatic hydroxyl groups excluding tert-OH is 1. The van der Waals surface area contributed by atoms with Gasteiger partial charge in [0.05, 0.1) is 18.2 Å². The number of pyridine rings is 1. The zero-order valence-corrected chi connectivity index (χ0v) is 17.2. The summed E-state index contributed by atoms with van der Waals surface area (Å²) in [6.07, 6.45) is 4.75. The van der Waals surface area contributed by atoms with Crippen molar-refractivity contribution < 1.29 is 19.4 Å². The van der Waals surface area contributed by atoms with Gasteiger partial charge < -0.3 is 19.6 Å². The van der Waals surface area contributed by atoms with Gasteiger partial charge in [-0.1, -0.05) is 6.07 Å². The number of hydrogen-bond acceptors (Lipinski definition) is 6. The van der Waals surface area contributed by atoms with Gasteiger partial charge in [-0.3, -0.25) is 14.6 Å². The van der Waals surface area contributed by atoms with E-state index in [1.54, 1.807) is 35.5 Å². The maximum absolute atomic E-state index is 13.0. The molecule has 1 unspecified atom stereocenters. The summed E-state index contributed by atoms with van der Waals surface area (Å²) in [7, 11) is 3.93. The summed E-state index contributed by atoms with van der Waals surface area (Å²) in [6.45, 7) is 1.80. The van der Waals surface area contributed by atoms with Crippen LogP contribution < -0.4 is 4.74 Å². The molecule has 0 saturated carbocycles. The zero-order chi connectivity index (χ0) is 21.3. The number of carbonyl (C=O) groups excluding carboxylic acids is 2. The molecule has 0 radical (unpaired) electrons. The fraction of sp³-hybridized carbons (Fsp3) is 0.348. The maximum atomic E-state index is 13.0. The number of carbonyl (C=O) groups is 2. The molecule has 2 aromatic rings. The standard InChI is InChI=1S/C23H25N3O4/c1-25(2)10-4-11-26-20(17-5-3-9-24-14-17)19(22(28)23(26)29)21(27)16-6-7-18-15(13-16)8-12-30-18/h3,5-7,9,13-14,20,27H,4,8,10-12H2,1-2H3/b21-19-. The first-order chi connectivity index (χ1) is 14.5. The van der Waals surface area contributed by atoms with Crippen LogP contribution in [0.2, 0.25) is 0 Å². The summed E-state index contributed by atoms with van der Waals surface area (Å²) in [5.74, 6) is -0.622. The number of benzene rings is 1. The number of nitrogens with zero attached hydrogens (tertiary/aromatic N) is 3. The molecule has 30 heavy (non-hydrogen) atoms. The van der Waals surface area contributed by atoms with Crippen molar-refractivity contribution >= 4 is 17.4 Å². The topological polar surface area (TPSA) is 83.0 Å². The molecular formula is C23H25N3O4. The largest absolute Gasteiger partial charge is 0.507 e. The molecular weight excluding hydrogens is 382 g/mol. The normalized spacial score (nSPS) is 20.0. The zero-order valence-electron chi connectivity index (χ0n) is 17.2. The average Bonchev–Trinajstić information content (AvgIpc) is 3.31. The van der Waals surface area contributed by atoms with Gasteiger partial charge in [0.25, 0.3) is 11.7 Å².